The summed E-state index contributed by atoms with van der Waals surface area (Å²) in [5.41, 5.74) is 0.178. The molecule has 1 atom stereocenters. The van der Waals surface area contributed by atoms with Gasteiger partial charge in [-0.05, 0) is 19.4 Å². The van der Waals surface area contributed by atoms with Crippen molar-refractivity contribution in [1.29, 1.82) is 0 Å². The molecule has 0 saturated heterocycles. The van der Waals surface area contributed by atoms with E-state index in [0.717, 1.165) is 18.6 Å². The second kappa shape index (κ2) is 5.14. The van der Waals surface area contributed by atoms with E-state index in [2.05, 4.69) is 0 Å². The first kappa shape index (κ1) is 12.0. The smallest absolute Gasteiger partial charge is 0.491 e. The lowest BCUT2D eigenvalue weighted by Crippen LogP contribution is -2.32. The van der Waals surface area contributed by atoms with E-state index in [9.17, 15) is 4.39 Å². The second-order valence-electron chi connectivity index (χ2n) is 3.39. The zero-order valence-corrected chi connectivity index (χ0v) is 8.77. The highest BCUT2D eigenvalue weighted by Crippen LogP contribution is 2.13. The summed E-state index contributed by atoms with van der Waals surface area (Å²) >= 11 is 0. The Morgan fingerprint density at radius 1 is 1.47 bits per heavy atom. The predicted molar refractivity (Wildman–Crippen MR) is 56.6 cm³/mol. The van der Waals surface area contributed by atoms with Gasteiger partial charge < -0.3 is 14.8 Å². The van der Waals surface area contributed by atoms with E-state index in [1.165, 1.54) is 6.07 Å². The van der Waals surface area contributed by atoms with Gasteiger partial charge in [-0.3, -0.25) is 0 Å². The Bertz CT molecular complexity index is 330. The van der Waals surface area contributed by atoms with E-state index in [0.29, 0.717) is 0 Å². The van der Waals surface area contributed by atoms with Gasteiger partial charge >= 0.3 is 7.12 Å². The molecule has 2 N–H and O–H groups in total. The molecule has 1 aromatic carbocycles. The molecule has 1 unspecified atom stereocenters. The Labute approximate surface area is 88.7 Å². The van der Waals surface area contributed by atoms with Crippen LogP contribution in [-0.2, 0) is 0 Å². The van der Waals surface area contributed by atoms with Crippen molar-refractivity contribution in [2.45, 2.75) is 26.4 Å². The van der Waals surface area contributed by atoms with Gasteiger partial charge in [0.05, 0.1) is 6.10 Å². The Kier molecular flexibility index (Phi) is 4.11. The van der Waals surface area contributed by atoms with Crippen LogP contribution in [0.2, 0.25) is 0 Å². The maximum atomic E-state index is 12.9. The molecular formula is C10H14BFO3. The third-order valence-electron chi connectivity index (χ3n) is 2.16. The lowest BCUT2D eigenvalue weighted by atomic mass is 9.79. The van der Waals surface area contributed by atoms with Crippen molar-refractivity contribution in [2.75, 3.05) is 0 Å². The molecule has 0 aliphatic carbocycles. The fourth-order valence-electron chi connectivity index (χ4n) is 1.12. The third-order valence-corrected chi connectivity index (χ3v) is 2.16. The summed E-state index contributed by atoms with van der Waals surface area (Å²) in [6.45, 7) is 3.76. The van der Waals surface area contributed by atoms with Gasteiger partial charge in [0.15, 0.2) is 0 Å². The number of rotatable bonds is 4. The molecule has 0 saturated carbocycles. The average molecular weight is 212 g/mol. The van der Waals surface area contributed by atoms with Crippen LogP contribution >= 0.6 is 0 Å². The fraction of sp³-hybridized carbons (Fsp3) is 0.400. The average Bonchev–Trinajstić information content (AvgIpc) is 2.17. The van der Waals surface area contributed by atoms with E-state index in [1.54, 1.807) is 0 Å². The van der Waals surface area contributed by atoms with Crippen LogP contribution in [0.15, 0.2) is 18.2 Å². The monoisotopic (exact) mass is 212 g/mol. The minimum Gasteiger partial charge on any atom is -0.491 e. The Hall–Kier alpha value is -1.07. The number of ether oxygens (including phenoxy) is 1. The summed E-state index contributed by atoms with van der Waals surface area (Å²) in [5.74, 6) is -0.281. The summed E-state index contributed by atoms with van der Waals surface area (Å²) in [6, 6.07) is 3.62. The first-order valence-electron chi connectivity index (χ1n) is 4.86. The van der Waals surface area contributed by atoms with Gasteiger partial charge in [0.2, 0.25) is 0 Å². The van der Waals surface area contributed by atoms with Gasteiger partial charge in [0.1, 0.15) is 11.6 Å². The quantitative estimate of drug-likeness (QED) is 0.721. The SMILES string of the molecule is CCC(C)Oc1cc(F)ccc1B(O)O. The van der Waals surface area contributed by atoms with Crippen molar-refractivity contribution in [3.05, 3.63) is 24.0 Å². The Morgan fingerprint density at radius 2 is 2.13 bits per heavy atom. The van der Waals surface area contributed by atoms with Crippen LogP contribution in [0.25, 0.3) is 0 Å². The van der Waals surface area contributed by atoms with Crippen molar-refractivity contribution in [3.63, 3.8) is 0 Å². The van der Waals surface area contributed by atoms with Crippen LogP contribution in [0, 0.1) is 5.82 Å². The van der Waals surface area contributed by atoms with Gasteiger partial charge in [-0.2, -0.15) is 0 Å². The number of hydrogen-bond acceptors (Lipinski definition) is 3. The van der Waals surface area contributed by atoms with Crippen LogP contribution < -0.4 is 10.2 Å². The normalized spacial score (nSPS) is 12.3. The number of halogens is 1. The molecule has 0 aliphatic rings. The van der Waals surface area contributed by atoms with E-state index < -0.39 is 12.9 Å². The standard InChI is InChI=1S/C10H14BFO3/c1-3-7(2)15-10-6-8(12)4-5-9(10)11(13)14/h4-7,13-14H,3H2,1-2H3. The molecule has 0 heterocycles. The molecule has 1 aromatic rings. The predicted octanol–water partition coefficient (Wildman–Crippen LogP) is 0.683. The van der Waals surface area contributed by atoms with Crippen molar-refractivity contribution in [3.8, 4) is 5.75 Å². The van der Waals surface area contributed by atoms with E-state index >= 15 is 0 Å². The fourth-order valence-corrected chi connectivity index (χ4v) is 1.12. The van der Waals surface area contributed by atoms with E-state index in [-0.39, 0.29) is 17.3 Å². The zero-order valence-electron chi connectivity index (χ0n) is 8.77. The highest BCUT2D eigenvalue weighted by Gasteiger charge is 2.18. The van der Waals surface area contributed by atoms with Gasteiger partial charge in [-0.15, -0.1) is 0 Å². The third kappa shape index (κ3) is 3.21. The molecule has 0 aromatic heterocycles. The van der Waals surface area contributed by atoms with Gasteiger partial charge in [0.25, 0.3) is 0 Å². The molecule has 1 rings (SSSR count). The molecule has 15 heavy (non-hydrogen) atoms. The van der Waals surface area contributed by atoms with Gasteiger partial charge in [-0.1, -0.05) is 13.0 Å². The number of benzene rings is 1. The van der Waals surface area contributed by atoms with Crippen molar-refractivity contribution in [1.82, 2.24) is 0 Å². The van der Waals surface area contributed by atoms with Crippen LogP contribution in [0.1, 0.15) is 20.3 Å². The Balaban J connectivity index is 2.96. The molecule has 3 nitrogen and oxygen atoms in total. The lowest BCUT2D eigenvalue weighted by molar-refractivity contribution is 0.217. The van der Waals surface area contributed by atoms with E-state index in [1.807, 2.05) is 13.8 Å². The lowest BCUT2D eigenvalue weighted by Gasteiger charge is -2.15. The molecule has 0 fully saturated rings. The molecule has 0 radical (unpaired) electrons. The summed E-state index contributed by atoms with van der Waals surface area (Å²) in [7, 11) is -1.65. The summed E-state index contributed by atoms with van der Waals surface area (Å²) in [6.07, 6.45) is 0.668. The highest BCUT2D eigenvalue weighted by atomic mass is 19.1. The second-order valence-corrected chi connectivity index (χ2v) is 3.39. The Morgan fingerprint density at radius 3 is 2.67 bits per heavy atom. The molecule has 0 bridgehead atoms. The molecule has 82 valence electrons. The number of hydrogen-bond donors (Lipinski definition) is 2. The van der Waals surface area contributed by atoms with E-state index in [4.69, 9.17) is 14.8 Å². The first-order chi connectivity index (χ1) is 7.04. The molecule has 0 aliphatic heterocycles. The molecular weight excluding hydrogens is 198 g/mol. The topological polar surface area (TPSA) is 49.7 Å². The summed E-state index contributed by atoms with van der Waals surface area (Å²) < 4.78 is 18.3. The molecule has 5 heteroatoms. The maximum absolute atomic E-state index is 12.9. The van der Waals surface area contributed by atoms with Gasteiger partial charge in [-0.25, -0.2) is 4.39 Å². The van der Waals surface area contributed by atoms with Crippen molar-refractivity contribution in [2.24, 2.45) is 0 Å². The largest absolute Gasteiger partial charge is 0.492 e. The van der Waals surface area contributed by atoms with Crippen molar-refractivity contribution >= 4 is 12.6 Å². The zero-order chi connectivity index (χ0) is 11.4. The van der Waals surface area contributed by atoms with Crippen LogP contribution in [0.4, 0.5) is 4.39 Å². The minimum absolute atomic E-state index is 0.0932. The molecule has 0 amide bonds. The first-order valence-corrected chi connectivity index (χ1v) is 4.86. The molecule has 0 spiro atoms. The van der Waals surface area contributed by atoms with Crippen molar-refractivity contribution < 1.29 is 19.2 Å². The maximum Gasteiger partial charge on any atom is 0.492 e. The van der Waals surface area contributed by atoms with Crippen LogP contribution in [-0.4, -0.2) is 23.3 Å². The summed E-state index contributed by atoms with van der Waals surface area (Å²) in [5, 5.41) is 18.1. The van der Waals surface area contributed by atoms with Crippen LogP contribution in [0.5, 0.6) is 5.75 Å². The van der Waals surface area contributed by atoms with Gasteiger partial charge in [0, 0.05) is 11.5 Å². The summed E-state index contributed by atoms with van der Waals surface area (Å²) in [4.78, 5) is 0. The minimum atomic E-state index is -1.65. The highest BCUT2D eigenvalue weighted by molar-refractivity contribution is 6.59. The van der Waals surface area contributed by atoms with Crippen LogP contribution in [0.3, 0.4) is 0 Å².